The van der Waals surface area contributed by atoms with Crippen LogP contribution in [0.1, 0.15) is 61.0 Å². The van der Waals surface area contributed by atoms with Crippen molar-refractivity contribution in [1.82, 2.24) is 0 Å². The van der Waals surface area contributed by atoms with Gasteiger partial charge in [-0.25, -0.2) is 0 Å². The molecular formula is C28H37NO10. The van der Waals surface area contributed by atoms with Gasteiger partial charge in [0.1, 0.15) is 18.5 Å². The molecule has 2 heterocycles. The predicted molar refractivity (Wildman–Crippen MR) is 140 cm³/mol. The molecule has 0 spiro atoms. The molecule has 214 valence electrons. The summed E-state index contributed by atoms with van der Waals surface area (Å²) in [5, 5.41) is 0. The van der Waals surface area contributed by atoms with Gasteiger partial charge < -0.3 is 33.3 Å². The Kier molecular flexibility index (Phi) is 9.26. The number of ether oxygens (including phenoxy) is 6. The van der Waals surface area contributed by atoms with Crippen molar-refractivity contribution in [2.75, 3.05) is 18.1 Å². The maximum atomic E-state index is 12.3. The van der Waals surface area contributed by atoms with Gasteiger partial charge in [-0.3, -0.25) is 19.2 Å². The third-order valence-electron chi connectivity index (χ3n) is 6.37. The maximum absolute atomic E-state index is 12.3. The van der Waals surface area contributed by atoms with Gasteiger partial charge in [0, 0.05) is 38.9 Å². The van der Waals surface area contributed by atoms with Crippen molar-refractivity contribution in [1.29, 1.82) is 0 Å². The van der Waals surface area contributed by atoms with Crippen LogP contribution in [0.5, 0.6) is 5.75 Å². The van der Waals surface area contributed by atoms with Gasteiger partial charge >= 0.3 is 23.9 Å². The molecule has 0 amide bonds. The van der Waals surface area contributed by atoms with Crippen LogP contribution in [0.2, 0.25) is 0 Å². The first kappa shape index (κ1) is 29.9. The molecule has 0 N–H and O–H groups in total. The zero-order chi connectivity index (χ0) is 29.1. The second-order valence-electron chi connectivity index (χ2n) is 10.1. The van der Waals surface area contributed by atoms with Gasteiger partial charge in [0.15, 0.2) is 24.5 Å². The Labute approximate surface area is 228 Å². The Balaban J connectivity index is 2.20. The first-order valence-electron chi connectivity index (χ1n) is 12.8. The lowest BCUT2D eigenvalue weighted by molar-refractivity contribution is -0.253. The minimum absolute atomic E-state index is 0.298. The van der Waals surface area contributed by atoms with E-state index in [-0.39, 0.29) is 6.61 Å². The number of hydrogen-bond donors (Lipinski definition) is 0. The molecule has 1 aromatic carbocycles. The minimum atomic E-state index is -1.26. The zero-order valence-electron chi connectivity index (χ0n) is 23.6. The van der Waals surface area contributed by atoms with E-state index in [0.29, 0.717) is 12.4 Å². The summed E-state index contributed by atoms with van der Waals surface area (Å²) >= 11 is 0. The van der Waals surface area contributed by atoms with Crippen molar-refractivity contribution in [3.05, 3.63) is 29.8 Å². The molecule has 11 heteroatoms. The van der Waals surface area contributed by atoms with Crippen LogP contribution in [0, 0.1) is 0 Å². The summed E-state index contributed by atoms with van der Waals surface area (Å²) in [6.45, 7) is 12.9. The van der Waals surface area contributed by atoms with Crippen LogP contribution in [0.4, 0.5) is 5.69 Å². The molecule has 1 unspecified atom stereocenters. The third kappa shape index (κ3) is 6.89. The highest BCUT2D eigenvalue weighted by molar-refractivity contribution is 5.82. The lowest BCUT2D eigenvalue weighted by atomic mass is 9.86. The number of allylic oxidation sites excluding steroid dienone is 1. The Bertz CT molecular complexity index is 1140. The quantitative estimate of drug-likeness (QED) is 0.352. The van der Waals surface area contributed by atoms with Gasteiger partial charge in [0.2, 0.25) is 0 Å². The van der Waals surface area contributed by atoms with Gasteiger partial charge in [-0.05, 0) is 51.5 Å². The molecule has 0 aromatic heterocycles. The summed E-state index contributed by atoms with van der Waals surface area (Å²) in [5.74, 6) is -1.91. The summed E-state index contributed by atoms with van der Waals surface area (Å²) in [6, 6.07) is 5.63. The van der Waals surface area contributed by atoms with E-state index in [9.17, 15) is 19.2 Å². The van der Waals surface area contributed by atoms with E-state index in [1.165, 1.54) is 27.7 Å². The van der Waals surface area contributed by atoms with Gasteiger partial charge in [-0.2, -0.15) is 0 Å². The fraction of sp³-hybridized carbons (Fsp3) is 0.571. The third-order valence-corrected chi connectivity index (χ3v) is 6.37. The number of carbonyl (C=O) groups is 4. The highest BCUT2D eigenvalue weighted by atomic mass is 16.7. The summed E-state index contributed by atoms with van der Waals surface area (Å²) in [4.78, 5) is 50.2. The molecule has 0 saturated carbocycles. The summed E-state index contributed by atoms with van der Waals surface area (Å²) in [6.07, 6.45) is -3.75. The molecule has 5 atom stereocenters. The molecule has 2 aliphatic rings. The molecule has 3 rings (SSSR count). The molecule has 2 aliphatic heterocycles. The second-order valence-corrected chi connectivity index (χ2v) is 10.1. The number of anilines is 1. The van der Waals surface area contributed by atoms with Gasteiger partial charge in [-0.15, -0.1) is 0 Å². The first-order chi connectivity index (χ1) is 18.2. The van der Waals surface area contributed by atoms with Gasteiger partial charge in [0.05, 0.1) is 12.1 Å². The fourth-order valence-electron chi connectivity index (χ4n) is 5.16. The molecule has 11 nitrogen and oxygen atoms in total. The van der Waals surface area contributed by atoms with E-state index in [1.807, 2.05) is 56.9 Å². The van der Waals surface area contributed by atoms with Crippen molar-refractivity contribution >= 4 is 35.1 Å². The van der Waals surface area contributed by atoms with Crippen LogP contribution in [-0.4, -0.2) is 73.3 Å². The van der Waals surface area contributed by atoms with Crippen LogP contribution in [-0.2, 0) is 42.9 Å². The average molecular weight is 548 g/mol. The van der Waals surface area contributed by atoms with E-state index in [1.54, 1.807) is 0 Å². The standard InChI is InChI=1S/C28H37NO10/c1-9-34-20-10-11-22-21(12-20)15(2)13-28(7,8)29(22)27-26(38-19(6)33)25(37-18(5)32)24(36-17(4)31)23(39-27)14-35-16(3)30/h10-13,23-27H,9,14H2,1-8H3/t23-,24+,25+,26-,27?/m1/s1. The molecular weight excluding hydrogens is 510 g/mol. The highest BCUT2D eigenvalue weighted by Gasteiger charge is 2.56. The van der Waals surface area contributed by atoms with Crippen molar-refractivity contribution in [2.45, 2.75) is 91.6 Å². The van der Waals surface area contributed by atoms with E-state index in [2.05, 4.69) is 0 Å². The normalized spacial score (nSPS) is 25.5. The maximum Gasteiger partial charge on any atom is 0.303 e. The molecule has 0 radical (unpaired) electrons. The molecule has 1 fully saturated rings. The minimum Gasteiger partial charge on any atom is -0.494 e. The number of hydrogen-bond acceptors (Lipinski definition) is 11. The van der Waals surface area contributed by atoms with E-state index in [0.717, 1.165) is 16.8 Å². The monoisotopic (exact) mass is 547 g/mol. The number of esters is 4. The average Bonchev–Trinajstić information content (AvgIpc) is 2.80. The number of fused-ring (bicyclic) bond motifs is 1. The van der Waals surface area contributed by atoms with Gasteiger partial charge in [-0.1, -0.05) is 6.08 Å². The Morgan fingerprint density at radius 3 is 2.05 bits per heavy atom. The lowest BCUT2D eigenvalue weighted by Crippen LogP contribution is -2.69. The molecule has 0 aliphatic carbocycles. The number of rotatable bonds is 8. The summed E-state index contributed by atoms with van der Waals surface area (Å²) in [5.41, 5.74) is 1.94. The first-order valence-corrected chi connectivity index (χ1v) is 12.8. The largest absolute Gasteiger partial charge is 0.494 e. The summed E-state index contributed by atoms with van der Waals surface area (Å²) < 4.78 is 34.3. The molecule has 1 aromatic rings. The smallest absolute Gasteiger partial charge is 0.303 e. The van der Waals surface area contributed by atoms with Crippen LogP contribution in [0.3, 0.4) is 0 Å². The fourth-order valence-corrected chi connectivity index (χ4v) is 5.16. The second kappa shape index (κ2) is 12.1. The molecule has 39 heavy (non-hydrogen) atoms. The lowest BCUT2D eigenvalue weighted by Gasteiger charge is -2.53. The Hall–Kier alpha value is -3.60. The van der Waals surface area contributed by atoms with E-state index < -0.39 is 60.1 Å². The number of carbonyl (C=O) groups excluding carboxylic acids is 4. The van der Waals surface area contributed by atoms with Crippen molar-refractivity contribution < 1.29 is 47.6 Å². The van der Waals surface area contributed by atoms with Crippen LogP contribution in [0.25, 0.3) is 5.57 Å². The van der Waals surface area contributed by atoms with E-state index in [4.69, 9.17) is 28.4 Å². The predicted octanol–water partition coefficient (Wildman–Crippen LogP) is 3.17. The summed E-state index contributed by atoms with van der Waals surface area (Å²) in [7, 11) is 0. The zero-order valence-corrected chi connectivity index (χ0v) is 23.6. The number of benzene rings is 1. The topological polar surface area (TPSA) is 127 Å². The van der Waals surface area contributed by atoms with Crippen LogP contribution in [0.15, 0.2) is 24.3 Å². The van der Waals surface area contributed by atoms with E-state index >= 15 is 0 Å². The number of nitrogens with zero attached hydrogens (tertiary/aromatic N) is 1. The van der Waals surface area contributed by atoms with Crippen LogP contribution >= 0.6 is 0 Å². The Morgan fingerprint density at radius 2 is 1.49 bits per heavy atom. The van der Waals surface area contributed by atoms with Crippen molar-refractivity contribution in [3.63, 3.8) is 0 Å². The van der Waals surface area contributed by atoms with Crippen molar-refractivity contribution in [3.8, 4) is 5.75 Å². The Morgan fingerprint density at radius 1 is 0.897 bits per heavy atom. The van der Waals surface area contributed by atoms with Crippen LogP contribution < -0.4 is 9.64 Å². The van der Waals surface area contributed by atoms with Gasteiger partial charge in [0.25, 0.3) is 0 Å². The molecule has 1 saturated heterocycles. The SMILES string of the molecule is CCOc1ccc2c(c1)C(C)=CC(C)(C)N2C1O[C@H](COC(C)=O)[C@H](OC(C)=O)[C@H](OC(C)=O)[C@H]1OC(C)=O. The molecule has 0 bridgehead atoms. The van der Waals surface area contributed by atoms with Crippen molar-refractivity contribution in [2.24, 2.45) is 0 Å². The highest BCUT2D eigenvalue weighted by Crippen LogP contribution is 2.45.